The van der Waals surface area contributed by atoms with Gasteiger partial charge in [0.2, 0.25) is 0 Å². The van der Waals surface area contributed by atoms with E-state index in [1.165, 1.54) is 71.0 Å². The van der Waals surface area contributed by atoms with Crippen LogP contribution in [0.2, 0.25) is 0 Å². The third-order valence-electron chi connectivity index (χ3n) is 5.29. The highest BCUT2D eigenvalue weighted by atomic mass is 15.1. The molecule has 0 heterocycles. The van der Waals surface area contributed by atoms with Gasteiger partial charge in [0.05, 0.1) is 0 Å². The molecule has 0 aromatic rings. The minimum Gasteiger partial charge on any atom is -0.314 e. The van der Waals surface area contributed by atoms with Crippen LogP contribution >= 0.6 is 0 Å². The van der Waals surface area contributed by atoms with E-state index in [1.54, 1.807) is 0 Å². The van der Waals surface area contributed by atoms with Crippen molar-refractivity contribution in [3.63, 3.8) is 0 Å². The van der Waals surface area contributed by atoms with Gasteiger partial charge < -0.3 is 10.2 Å². The second-order valence-corrected chi connectivity index (χ2v) is 7.31. The Hall–Kier alpha value is -0.0800. The van der Waals surface area contributed by atoms with Crippen LogP contribution in [0.3, 0.4) is 0 Å². The van der Waals surface area contributed by atoms with Crippen molar-refractivity contribution in [1.29, 1.82) is 0 Å². The Morgan fingerprint density at radius 1 is 0.842 bits per heavy atom. The van der Waals surface area contributed by atoms with Crippen molar-refractivity contribution in [3.8, 4) is 0 Å². The lowest BCUT2D eigenvalue weighted by Gasteiger charge is -2.36. The molecule has 0 aliphatic heterocycles. The number of nitrogens with zero attached hydrogens (tertiary/aromatic N) is 1. The van der Waals surface area contributed by atoms with E-state index in [0.717, 1.165) is 30.3 Å². The second-order valence-electron chi connectivity index (χ2n) is 7.31. The fraction of sp³-hybridized carbons (Fsp3) is 1.00. The fourth-order valence-electron chi connectivity index (χ4n) is 3.84. The van der Waals surface area contributed by atoms with E-state index in [-0.39, 0.29) is 0 Å². The van der Waals surface area contributed by atoms with E-state index >= 15 is 0 Å². The summed E-state index contributed by atoms with van der Waals surface area (Å²) in [6, 6.07) is 0.805. The normalized spacial score (nSPS) is 31.9. The van der Waals surface area contributed by atoms with E-state index in [2.05, 4.69) is 17.1 Å². The van der Waals surface area contributed by atoms with Crippen molar-refractivity contribution in [2.24, 2.45) is 17.8 Å². The zero-order chi connectivity index (χ0) is 13.1. The van der Waals surface area contributed by atoms with Crippen LogP contribution in [0.1, 0.15) is 58.3 Å². The van der Waals surface area contributed by atoms with Gasteiger partial charge in [-0.3, -0.25) is 0 Å². The average molecular weight is 264 g/mol. The molecule has 3 saturated carbocycles. The first-order chi connectivity index (χ1) is 9.35. The lowest BCUT2D eigenvalue weighted by Crippen LogP contribution is -2.45. The van der Waals surface area contributed by atoms with Gasteiger partial charge in [-0.15, -0.1) is 0 Å². The molecule has 1 N–H and O–H groups in total. The number of rotatable bonds is 8. The van der Waals surface area contributed by atoms with Gasteiger partial charge in [-0.25, -0.2) is 0 Å². The molecule has 3 rings (SSSR count). The molecule has 0 amide bonds. The van der Waals surface area contributed by atoms with Gasteiger partial charge in [-0.05, 0) is 62.8 Å². The van der Waals surface area contributed by atoms with Gasteiger partial charge in [0.1, 0.15) is 0 Å². The second kappa shape index (κ2) is 6.58. The molecule has 0 aromatic carbocycles. The van der Waals surface area contributed by atoms with E-state index in [0.29, 0.717) is 0 Å². The van der Waals surface area contributed by atoms with Gasteiger partial charge >= 0.3 is 0 Å². The molecule has 3 fully saturated rings. The van der Waals surface area contributed by atoms with Crippen molar-refractivity contribution >= 4 is 0 Å². The lowest BCUT2D eigenvalue weighted by atomic mass is 9.84. The maximum atomic E-state index is 3.75. The molecule has 0 saturated heterocycles. The summed E-state index contributed by atoms with van der Waals surface area (Å²) in [6.07, 6.45) is 11.8. The summed E-state index contributed by atoms with van der Waals surface area (Å²) >= 11 is 0. The van der Waals surface area contributed by atoms with Crippen LogP contribution in [-0.4, -0.2) is 37.1 Å². The first-order valence-electron chi connectivity index (χ1n) is 8.81. The predicted octanol–water partition coefficient (Wildman–Crippen LogP) is 3.28. The van der Waals surface area contributed by atoms with Crippen molar-refractivity contribution in [2.75, 3.05) is 26.2 Å². The third kappa shape index (κ3) is 4.46. The van der Waals surface area contributed by atoms with Gasteiger partial charge in [0.15, 0.2) is 0 Å². The van der Waals surface area contributed by atoms with Crippen LogP contribution in [0.4, 0.5) is 0 Å². The van der Waals surface area contributed by atoms with Gasteiger partial charge in [0.25, 0.3) is 0 Å². The average Bonchev–Trinajstić information content (AvgIpc) is 3.28. The van der Waals surface area contributed by atoms with Crippen LogP contribution in [0.15, 0.2) is 0 Å². The Kier molecular flexibility index (Phi) is 4.81. The monoisotopic (exact) mass is 264 g/mol. The first-order valence-corrected chi connectivity index (χ1v) is 8.81. The quantitative estimate of drug-likeness (QED) is 0.724. The lowest BCUT2D eigenvalue weighted by molar-refractivity contribution is 0.159. The topological polar surface area (TPSA) is 15.3 Å². The molecule has 0 radical (unpaired) electrons. The fourth-order valence-corrected chi connectivity index (χ4v) is 3.84. The van der Waals surface area contributed by atoms with Crippen molar-refractivity contribution in [2.45, 2.75) is 64.3 Å². The van der Waals surface area contributed by atoms with E-state index in [1.807, 2.05) is 0 Å². The van der Waals surface area contributed by atoms with Crippen LogP contribution in [0.25, 0.3) is 0 Å². The summed E-state index contributed by atoms with van der Waals surface area (Å²) < 4.78 is 0. The highest BCUT2D eigenvalue weighted by Gasteiger charge is 2.32. The van der Waals surface area contributed by atoms with Crippen LogP contribution in [0.5, 0.6) is 0 Å². The van der Waals surface area contributed by atoms with Gasteiger partial charge in [0, 0.05) is 25.7 Å². The Morgan fingerprint density at radius 3 is 2.05 bits per heavy atom. The molecule has 2 atom stereocenters. The summed E-state index contributed by atoms with van der Waals surface area (Å²) in [5, 5.41) is 3.75. The zero-order valence-electron chi connectivity index (χ0n) is 12.7. The van der Waals surface area contributed by atoms with Crippen molar-refractivity contribution in [1.82, 2.24) is 10.2 Å². The Labute approximate surface area is 119 Å². The highest BCUT2D eigenvalue weighted by molar-refractivity contribution is 4.87. The minimum absolute atomic E-state index is 0.805. The molecular formula is C17H32N2. The molecule has 3 aliphatic rings. The Morgan fingerprint density at radius 2 is 1.47 bits per heavy atom. The predicted molar refractivity (Wildman–Crippen MR) is 81.3 cm³/mol. The molecular weight excluding hydrogens is 232 g/mol. The standard InChI is InChI=1S/C17H32N2/c1-2-18-17-6-4-3-5-16(17)13-19(11-14-7-8-14)12-15-9-10-15/h14-18H,2-13H2,1H3. The van der Waals surface area contributed by atoms with Crippen LogP contribution in [-0.2, 0) is 0 Å². The van der Waals surface area contributed by atoms with Crippen molar-refractivity contribution in [3.05, 3.63) is 0 Å². The van der Waals surface area contributed by atoms with Gasteiger partial charge in [-0.2, -0.15) is 0 Å². The number of hydrogen-bond donors (Lipinski definition) is 1. The van der Waals surface area contributed by atoms with Crippen molar-refractivity contribution < 1.29 is 0 Å². The first kappa shape index (κ1) is 13.9. The zero-order valence-corrected chi connectivity index (χ0v) is 12.7. The maximum absolute atomic E-state index is 3.75. The van der Waals surface area contributed by atoms with Crippen LogP contribution in [0, 0.1) is 17.8 Å². The molecule has 2 nitrogen and oxygen atoms in total. The molecule has 2 unspecified atom stereocenters. The highest BCUT2D eigenvalue weighted by Crippen LogP contribution is 2.35. The summed E-state index contributed by atoms with van der Waals surface area (Å²) in [6.45, 7) is 7.60. The van der Waals surface area contributed by atoms with E-state index in [9.17, 15) is 0 Å². The Balaban J connectivity index is 1.51. The number of nitrogens with one attached hydrogen (secondary N) is 1. The molecule has 110 valence electrons. The third-order valence-corrected chi connectivity index (χ3v) is 5.29. The molecule has 19 heavy (non-hydrogen) atoms. The van der Waals surface area contributed by atoms with E-state index < -0.39 is 0 Å². The maximum Gasteiger partial charge on any atom is 0.0107 e. The molecule has 0 aromatic heterocycles. The molecule has 2 heteroatoms. The summed E-state index contributed by atoms with van der Waals surface area (Å²) in [7, 11) is 0. The largest absolute Gasteiger partial charge is 0.314 e. The summed E-state index contributed by atoms with van der Waals surface area (Å²) in [5.74, 6) is 3.03. The summed E-state index contributed by atoms with van der Waals surface area (Å²) in [4.78, 5) is 2.84. The minimum atomic E-state index is 0.805. The van der Waals surface area contributed by atoms with Crippen LogP contribution < -0.4 is 5.32 Å². The van der Waals surface area contributed by atoms with E-state index in [4.69, 9.17) is 0 Å². The molecule has 0 bridgehead atoms. The molecule has 3 aliphatic carbocycles. The van der Waals surface area contributed by atoms with Gasteiger partial charge in [-0.1, -0.05) is 19.8 Å². The summed E-state index contributed by atoms with van der Waals surface area (Å²) in [5.41, 5.74) is 0. The smallest absolute Gasteiger partial charge is 0.0107 e. The Bertz CT molecular complexity index is 254. The number of hydrogen-bond acceptors (Lipinski definition) is 2. The SMILES string of the molecule is CCNC1CCCCC1CN(CC1CC1)CC1CC1. The molecule has 0 spiro atoms.